The lowest BCUT2D eigenvalue weighted by Crippen LogP contribution is -2.16. The molecule has 0 spiro atoms. The SMILES string of the molecule is CCn1cccc1C(=O)Nc1cccc(C(=O)O)c1O. The number of benzene rings is 1. The molecule has 104 valence electrons. The summed E-state index contributed by atoms with van der Waals surface area (Å²) < 4.78 is 1.74. The molecule has 1 aromatic carbocycles. The Morgan fingerprint density at radius 3 is 2.65 bits per heavy atom. The molecule has 0 radical (unpaired) electrons. The van der Waals surface area contributed by atoms with Crippen molar-refractivity contribution >= 4 is 17.6 Å². The molecule has 1 aromatic heterocycles. The number of aromatic nitrogens is 1. The number of aromatic carboxylic acids is 1. The molecule has 0 bridgehead atoms. The topological polar surface area (TPSA) is 91.6 Å². The van der Waals surface area contributed by atoms with Gasteiger partial charge in [-0.3, -0.25) is 4.79 Å². The number of amides is 1. The van der Waals surface area contributed by atoms with Crippen LogP contribution in [0.15, 0.2) is 36.5 Å². The lowest BCUT2D eigenvalue weighted by molar-refractivity contribution is 0.0693. The van der Waals surface area contributed by atoms with E-state index in [9.17, 15) is 14.7 Å². The summed E-state index contributed by atoms with van der Waals surface area (Å²) in [6, 6.07) is 7.56. The second-order valence-electron chi connectivity index (χ2n) is 4.14. The van der Waals surface area contributed by atoms with Crippen LogP contribution in [0.3, 0.4) is 0 Å². The maximum absolute atomic E-state index is 12.1. The van der Waals surface area contributed by atoms with Crippen molar-refractivity contribution in [2.75, 3.05) is 5.32 Å². The number of para-hydroxylation sites is 1. The van der Waals surface area contributed by atoms with E-state index in [4.69, 9.17) is 5.11 Å². The normalized spacial score (nSPS) is 10.2. The zero-order chi connectivity index (χ0) is 14.7. The molecule has 2 rings (SSSR count). The fourth-order valence-corrected chi connectivity index (χ4v) is 1.90. The Morgan fingerprint density at radius 2 is 2.00 bits per heavy atom. The Balaban J connectivity index is 2.29. The Kier molecular flexibility index (Phi) is 3.74. The number of nitrogens with zero attached hydrogens (tertiary/aromatic N) is 1. The highest BCUT2D eigenvalue weighted by Crippen LogP contribution is 2.27. The minimum Gasteiger partial charge on any atom is -0.505 e. The summed E-state index contributed by atoms with van der Waals surface area (Å²) in [5, 5.41) is 21.3. The van der Waals surface area contributed by atoms with E-state index in [0.717, 1.165) is 0 Å². The number of carbonyl (C=O) groups is 2. The van der Waals surface area contributed by atoms with Crippen molar-refractivity contribution in [2.45, 2.75) is 13.5 Å². The van der Waals surface area contributed by atoms with Gasteiger partial charge in [0.2, 0.25) is 0 Å². The molecular formula is C14H14N2O4. The number of aromatic hydroxyl groups is 1. The highest BCUT2D eigenvalue weighted by atomic mass is 16.4. The number of hydrogen-bond acceptors (Lipinski definition) is 3. The molecule has 0 aliphatic rings. The molecule has 0 saturated heterocycles. The Hall–Kier alpha value is -2.76. The standard InChI is InChI=1S/C14H14N2O4/c1-2-16-8-4-7-11(16)13(18)15-10-6-3-5-9(12(10)17)14(19)20/h3-8,17H,2H2,1H3,(H,15,18)(H,19,20). The molecule has 0 saturated carbocycles. The van der Waals surface area contributed by atoms with E-state index < -0.39 is 17.6 Å². The number of carboxylic acids is 1. The van der Waals surface area contributed by atoms with Crippen molar-refractivity contribution in [2.24, 2.45) is 0 Å². The molecule has 3 N–H and O–H groups in total. The monoisotopic (exact) mass is 274 g/mol. The van der Waals surface area contributed by atoms with Gasteiger partial charge in [-0.15, -0.1) is 0 Å². The number of aryl methyl sites for hydroxylation is 1. The lowest BCUT2D eigenvalue weighted by atomic mass is 10.1. The van der Waals surface area contributed by atoms with Crippen molar-refractivity contribution in [3.05, 3.63) is 47.8 Å². The Morgan fingerprint density at radius 1 is 1.25 bits per heavy atom. The minimum atomic E-state index is -1.25. The van der Waals surface area contributed by atoms with Crippen LogP contribution in [0.2, 0.25) is 0 Å². The molecule has 0 fully saturated rings. The number of anilines is 1. The fraction of sp³-hybridized carbons (Fsp3) is 0.143. The van der Waals surface area contributed by atoms with E-state index in [0.29, 0.717) is 12.2 Å². The van der Waals surface area contributed by atoms with Gasteiger partial charge in [0.05, 0.1) is 5.69 Å². The molecule has 0 aliphatic heterocycles. The van der Waals surface area contributed by atoms with Gasteiger partial charge in [0, 0.05) is 12.7 Å². The number of rotatable bonds is 4. The van der Waals surface area contributed by atoms with Gasteiger partial charge in [-0.05, 0) is 31.2 Å². The maximum Gasteiger partial charge on any atom is 0.339 e. The van der Waals surface area contributed by atoms with Gasteiger partial charge in [-0.2, -0.15) is 0 Å². The Labute approximate surface area is 115 Å². The van der Waals surface area contributed by atoms with Crippen molar-refractivity contribution in [3.8, 4) is 5.75 Å². The van der Waals surface area contributed by atoms with Crippen LogP contribution in [0.25, 0.3) is 0 Å². The van der Waals surface area contributed by atoms with Gasteiger partial charge in [0.15, 0.2) is 5.75 Å². The molecular weight excluding hydrogens is 260 g/mol. The lowest BCUT2D eigenvalue weighted by Gasteiger charge is -2.10. The second kappa shape index (κ2) is 5.48. The quantitative estimate of drug-likeness (QED) is 0.745. The molecule has 1 heterocycles. The first-order chi connectivity index (χ1) is 9.54. The summed E-state index contributed by atoms with van der Waals surface area (Å²) in [5.41, 5.74) is 0.250. The zero-order valence-corrected chi connectivity index (χ0v) is 10.8. The van der Waals surface area contributed by atoms with E-state index in [-0.39, 0.29) is 11.3 Å². The van der Waals surface area contributed by atoms with Crippen LogP contribution in [0.5, 0.6) is 5.75 Å². The van der Waals surface area contributed by atoms with Crippen LogP contribution in [-0.2, 0) is 6.54 Å². The Bertz CT molecular complexity index is 661. The molecule has 2 aromatic rings. The van der Waals surface area contributed by atoms with Crippen molar-refractivity contribution in [3.63, 3.8) is 0 Å². The van der Waals surface area contributed by atoms with E-state index in [1.54, 1.807) is 22.9 Å². The molecule has 6 heteroatoms. The number of carbonyl (C=O) groups excluding carboxylic acids is 1. The van der Waals surface area contributed by atoms with Crippen molar-refractivity contribution in [1.82, 2.24) is 4.57 Å². The summed E-state index contributed by atoms with van der Waals surface area (Å²) in [6.45, 7) is 2.54. The van der Waals surface area contributed by atoms with Crippen LogP contribution < -0.4 is 5.32 Å². The van der Waals surface area contributed by atoms with Crippen molar-refractivity contribution in [1.29, 1.82) is 0 Å². The highest BCUT2D eigenvalue weighted by Gasteiger charge is 2.16. The summed E-state index contributed by atoms with van der Waals surface area (Å²) >= 11 is 0. The number of phenols is 1. The molecule has 0 aliphatic carbocycles. The summed E-state index contributed by atoms with van der Waals surface area (Å²) in [5.74, 6) is -2.12. The van der Waals surface area contributed by atoms with Gasteiger partial charge in [0.25, 0.3) is 5.91 Å². The minimum absolute atomic E-state index is 0.0683. The first kappa shape index (κ1) is 13.7. The van der Waals surface area contributed by atoms with Gasteiger partial charge in [-0.1, -0.05) is 6.07 Å². The average molecular weight is 274 g/mol. The zero-order valence-electron chi connectivity index (χ0n) is 10.8. The molecule has 20 heavy (non-hydrogen) atoms. The van der Waals surface area contributed by atoms with E-state index >= 15 is 0 Å². The third-order valence-corrected chi connectivity index (χ3v) is 2.92. The van der Waals surface area contributed by atoms with E-state index in [2.05, 4.69) is 5.32 Å². The van der Waals surface area contributed by atoms with Crippen LogP contribution in [0.4, 0.5) is 5.69 Å². The largest absolute Gasteiger partial charge is 0.505 e. The number of carboxylic acid groups (broad SMARTS) is 1. The first-order valence-corrected chi connectivity index (χ1v) is 6.06. The van der Waals surface area contributed by atoms with Crippen LogP contribution in [0, 0.1) is 0 Å². The summed E-state index contributed by atoms with van der Waals surface area (Å²) in [7, 11) is 0. The number of nitrogens with one attached hydrogen (secondary N) is 1. The first-order valence-electron chi connectivity index (χ1n) is 6.06. The molecule has 1 amide bonds. The summed E-state index contributed by atoms with van der Waals surface area (Å²) in [4.78, 5) is 23.0. The van der Waals surface area contributed by atoms with Gasteiger partial charge in [0.1, 0.15) is 11.3 Å². The van der Waals surface area contributed by atoms with Gasteiger partial charge in [-0.25, -0.2) is 4.79 Å². The highest BCUT2D eigenvalue weighted by molar-refractivity contribution is 6.05. The average Bonchev–Trinajstić information content (AvgIpc) is 2.89. The smallest absolute Gasteiger partial charge is 0.339 e. The van der Waals surface area contributed by atoms with Gasteiger partial charge < -0.3 is 20.1 Å². The van der Waals surface area contributed by atoms with E-state index in [1.807, 2.05) is 6.92 Å². The van der Waals surface area contributed by atoms with Crippen LogP contribution in [0.1, 0.15) is 27.8 Å². The van der Waals surface area contributed by atoms with Gasteiger partial charge >= 0.3 is 5.97 Å². The van der Waals surface area contributed by atoms with E-state index in [1.165, 1.54) is 18.2 Å². The maximum atomic E-state index is 12.1. The van der Waals surface area contributed by atoms with Crippen molar-refractivity contribution < 1.29 is 19.8 Å². The molecule has 0 unspecified atom stereocenters. The van der Waals surface area contributed by atoms with Crippen LogP contribution in [-0.4, -0.2) is 26.7 Å². The van der Waals surface area contributed by atoms with Crippen LogP contribution >= 0.6 is 0 Å². The predicted octanol–water partition coefficient (Wildman–Crippen LogP) is 2.16. The third kappa shape index (κ3) is 2.49. The second-order valence-corrected chi connectivity index (χ2v) is 4.14. The predicted molar refractivity (Wildman–Crippen MR) is 73.1 cm³/mol. The number of hydrogen-bond donors (Lipinski definition) is 3. The fourth-order valence-electron chi connectivity index (χ4n) is 1.90. The molecule has 0 atom stereocenters. The molecule has 6 nitrogen and oxygen atoms in total. The third-order valence-electron chi connectivity index (χ3n) is 2.92. The summed E-state index contributed by atoms with van der Waals surface area (Å²) in [6.07, 6.45) is 1.77.